The fourth-order valence-electron chi connectivity index (χ4n) is 1.35. The van der Waals surface area contributed by atoms with Crippen LogP contribution in [0.4, 0.5) is 18.9 Å². The largest absolute Gasteiger partial charge is 0.432 e. The van der Waals surface area contributed by atoms with Gasteiger partial charge in [-0.1, -0.05) is 0 Å². The Morgan fingerprint density at radius 3 is 2.60 bits per heavy atom. The molecule has 0 aliphatic heterocycles. The van der Waals surface area contributed by atoms with E-state index in [1.807, 2.05) is 0 Å². The van der Waals surface area contributed by atoms with E-state index in [0.717, 1.165) is 12.1 Å². The summed E-state index contributed by atoms with van der Waals surface area (Å²) < 4.78 is 41.1. The average molecular weight is 313 g/mol. The molecule has 20 heavy (non-hydrogen) atoms. The number of ether oxygens (including phenoxy) is 1. The number of alkyl halides is 2. The van der Waals surface area contributed by atoms with Gasteiger partial charge in [0.15, 0.2) is 11.6 Å². The summed E-state index contributed by atoms with van der Waals surface area (Å²) in [6.45, 7) is -1.33. The van der Waals surface area contributed by atoms with Crippen LogP contribution >= 0.6 is 12.4 Å². The fourth-order valence-corrected chi connectivity index (χ4v) is 1.35. The zero-order valence-electron chi connectivity index (χ0n) is 10.7. The van der Waals surface area contributed by atoms with Crippen molar-refractivity contribution < 1.29 is 22.7 Å². The van der Waals surface area contributed by atoms with Crippen molar-refractivity contribution >= 4 is 24.0 Å². The molecule has 1 amide bonds. The second-order valence-electron chi connectivity index (χ2n) is 4.09. The minimum atomic E-state index is -3.10. The lowest BCUT2D eigenvalue weighted by molar-refractivity contribution is -0.116. The molecule has 0 fully saturated rings. The predicted molar refractivity (Wildman–Crippen MR) is 71.8 cm³/mol. The van der Waals surface area contributed by atoms with Gasteiger partial charge in [0.25, 0.3) is 0 Å². The van der Waals surface area contributed by atoms with Crippen molar-refractivity contribution in [2.45, 2.75) is 32.4 Å². The molecule has 0 radical (unpaired) electrons. The summed E-state index contributed by atoms with van der Waals surface area (Å²) >= 11 is 0. The Kier molecular flexibility index (Phi) is 8.02. The first-order chi connectivity index (χ1) is 8.88. The molecular formula is C12H16ClF3N2O2. The highest BCUT2D eigenvalue weighted by Crippen LogP contribution is 2.22. The third kappa shape index (κ3) is 6.63. The van der Waals surface area contributed by atoms with Crippen molar-refractivity contribution in [2.75, 3.05) is 5.32 Å². The van der Waals surface area contributed by atoms with E-state index in [-0.39, 0.29) is 36.5 Å². The molecule has 1 unspecified atom stereocenters. The molecule has 0 aromatic heterocycles. The van der Waals surface area contributed by atoms with Gasteiger partial charge in [-0.2, -0.15) is 8.78 Å². The van der Waals surface area contributed by atoms with Gasteiger partial charge in [-0.15, -0.1) is 12.4 Å². The van der Waals surface area contributed by atoms with Crippen LogP contribution in [0.1, 0.15) is 19.8 Å². The Balaban J connectivity index is 0.00000361. The van der Waals surface area contributed by atoms with Crippen molar-refractivity contribution in [3.05, 3.63) is 24.0 Å². The lowest BCUT2D eigenvalue weighted by atomic mass is 10.2. The second-order valence-corrected chi connectivity index (χ2v) is 4.09. The Bertz CT molecular complexity index is 445. The van der Waals surface area contributed by atoms with Crippen LogP contribution in [0.3, 0.4) is 0 Å². The lowest BCUT2D eigenvalue weighted by Gasteiger charge is -2.09. The fraction of sp³-hybridized carbons (Fsp3) is 0.417. The lowest BCUT2D eigenvalue weighted by Crippen LogP contribution is -2.19. The Morgan fingerprint density at radius 2 is 2.10 bits per heavy atom. The summed E-state index contributed by atoms with van der Waals surface area (Å²) in [6, 6.07) is 3.12. The molecule has 114 valence electrons. The highest BCUT2D eigenvalue weighted by molar-refractivity contribution is 5.90. The first kappa shape index (κ1) is 18.5. The number of nitrogens with two attached hydrogens (primary N) is 1. The topological polar surface area (TPSA) is 64.4 Å². The second kappa shape index (κ2) is 8.65. The smallest absolute Gasteiger partial charge is 0.387 e. The number of carbonyl (C=O) groups is 1. The average Bonchev–Trinajstić information content (AvgIpc) is 2.29. The molecule has 0 bridgehead atoms. The van der Waals surface area contributed by atoms with E-state index in [0.29, 0.717) is 6.42 Å². The standard InChI is InChI=1S/C12H15F3N2O2.ClH/c1-7(16)2-5-11(18)17-8-3-4-10(9(13)6-8)19-12(14)15;/h3-4,6-7,12H,2,5,16H2,1H3,(H,17,18);1H. The molecule has 1 aromatic rings. The van der Waals surface area contributed by atoms with Crippen molar-refractivity contribution in [3.63, 3.8) is 0 Å². The number of rotatable bonds is 6. The number of hydrogen-bond donors (Lipinski definition) is 2. The molecule has 3 N–H and O–H groups in total. The molecule has 0 heterocycles. The van der Waals surface area contributed by atoms with Gasteiger partial charge in [0.2, 0.25) is 5.91 Å². The number of halogens is 4. The quantitative estimate of drug-likeness (QED) is 0.849. The third-order valence-electron chi connectivity index (χ3n) is 2.26. The predicted octanol–water partition coefficient (Wildman–Crippen LogP) is 2.91. The van der Waals surface area contributed by atoms with E-state index in [4.69, 9.17) is 5.73 Å². The van der Waals surface area contributed by atoms with Crippen molar-refractivity contribution in [1.82, 2.24) is 0 Å². The molecule has 0 saturated heterocycles. The first-order valence-corrected chi connectivity index (χ1v) is 5.68. The van der Waals surface area contributed by atoms with Crippen LogP contribution in [0.5, 0.6) is 5.75 Å². The molecule has 0 saturated carbocycles. The summed E-state index contributed by atoms with van der Waals surface area (Å²) in [5.74, 6) is -1.85. The zero-order chi connectivity index (χ0) is 14.4. The van der Waals surface area contributed by atoms with Crippen LogP contribution in [-0.2, 0) is 4.79 Å². The number of hydrogen-bond acceptors (Lipinski definition) is 3. The summed E-state index contributed by atoms with van der Waals surface area (Å²) in [7, 11) is 0. The highest BCUT2D eigenvalue weighted by Gasteiger charge is 2.11. The van der Waals surface area contributed by atoms with Crippen LogP contribution in [-0.4, -0.2) is 18.6 Å². The van der Waals surface area contributed by atoms with Crippen molar-refractivity contribution in [3.8, 4) is 5.75 Å². The molecule has 4 nitrogen and oxygen atoms in total. The van der Waals surface area contributed by atoms with E-state index in [9.17, 15) is 18.0 Å². The molecular weight excluding hydrogens is 297 g/mol. The summed E-state index contributed by atoms with van der Waals surface area (Å²) in [5.41, 5.74) is 5.67. The van der Waals surface area contributed by atoms with Crippen LogP contribution in [0.15, 0.2) is 18.2 Å². The number of benzene rings is 1. The van der Waals surface area contributed by atoms with Gasteiger partial charge in [-0.3, -0.25) is 4.79 Å². The number of nitrogens with one attached hydrogen (secondary N) is 1. The summed E-state index contributed by atoms with van der Waals surface area (Å²) in [5, 5.41) is 2.44. The molecule has 1 rings (SSSR count). The minimum Gasteiger partial charge on any atom is -0.432 e. The van der Waals surface area contributed by atoms with Crippen molar-refractivity contribution in [2.24, 2.45) is 5.73 Å². The summed E-state index contributed by atoms with van der Waals surface area (Å²) in [6.07, 6.45) is 0.704. The van der Waals surface area contributed by atoms with E-state index in [2.05, 4.69) is 10.1 Å². The van der Waals surface area contributed by atoms with Crippen LogP contribution < -0.4 is 15.8 Å². The SMILES string of the molecule is CC(N)CCC(=O)Nc1ccc(OC(F)F)c(F)c1.Cl. The molecule has 8 heteroatoms. The van der Waals surface area contributed by atoms with E-state index in [1.54, 1.807) is 6.92 Å². The minimum absolute atomic E-state index is 0. The van der Waals surface area contributed by atoms with Gasteiger partial charge in [-0.05, 0) is 25.5 Å². The van der Waals surface area contributed by atoms with Gasteiger partial charge in [-0.25, -0.2) is 4.39 Å². The zero-order valence-corrected chi connectivity index (χ0v) is 11.6. The monoisotopic (exact) mass is 312 g/mol. The Morgan fingerprint density at radius 1 is 1.45 bits per heavy atom. The molecule has 1 atom stereocenters. The van der Waals surface area contributed by atoms with Crippen LogP contribution in [0.2, 0.25) is 0 Å². The maximum absolute atomic E-state index is 13.3. The normalized spacial score (nSPS) is 11.7. The van der Waals surface area contributed by atoms with E-state index < -0.39 is 18.2 Å². The van der Waals surface area contributed by atoms with Gasteiger partial charge >= 0.3 is 6.61 Å². The molecule has 0 spiro atoms. The van der Waals surface area contributed by atoms with Gasteiger partial charge < -0.3 is 15.8 Å². The van der Waals surface area contributed by atoms with Crippen LogP contribution in [0, 0.1) is 5.82 Å². The first-order valence-electron chi connectivity index (χ1n) is 5.68. The molecule has 0 aliphatic rings. The molecule has 1 aromatic carbocycles. The number of amides is 1. The van der Waals surface area contributed by atoms with E-state index in [1.165, 1.54) is 6.07 Å². The highest BCUT2D eigenvalue weighted by atomic mass is 35.5. The third-order valence-corrected chi connectivity index (χ3v) is 2.26. The van der Waals surface area contributed by atoms with Crippen LogP contribution in [0.25, 0.3) is 0 Å². The summed E-state index contributed by atoms with van der Waals surface area (Å²) in [4.78, 5) is 11.5. The molecule has 0 aliphatic carbocycles. The van der Waals surface area contributed by atoms with Gasteiger partial charge in [0, 0.05) is 24.2 Å². The number of anilines is 1. The number of carbonyl (C=O) groups excluding carboxylic acids is 1. The Labute approximate surface area is 120 Å². The maximum atomic E-state index is 13.3. The van der Waals surface area contributed by atoms with Gasteiger partial charge in [0.1, 0.15) is 0 Å². The maximum Gasteiger partial charge on any atom is 0.387 e. The van der Waals surface area contributed by atoms with Gasteiger partial charge in [0.05, 0.1) is 0 Å². The van der Waals surface area contributed by atoms with Crippen molar-refractivity contribution in [1.29, 1.82) is 0 Å². The Hall–Kier alpha value is -1.47. The van der Waals surface area contributed by atoms with E-state index >= 15 is 0 Å².